The van der Waals surface area contributed by atoms with Crippen molar-refractivity contribution in [3.05, 3.63) is 234 Å². The van der Waals surface area contributed by atoms with E-state index in [0.29, 0.717) is 0 Å². The Bertz CT molecular complexity index is 3140. The van der Waals surface area contributed by atoms with Gasteiger partial charge < -0.3 is 9.64 Å². The van der Waals surface area contributed by atoms with Crippen LogP contribution in [0.3, 0.4) is 0 Å². The van der Waals surface area contributed by atoms with Crippen LogP contribution in [-0.2, 0) is 10.8 Å². The van der Waals surface area contributed by atoms with Crippen molar-refractivity contribution in [3.63, 3.8) is 0 Å². The lowest BCUT2D eigenvalue weighted by Crippen LogP contribution is -2.32. The molecule has 1 atom stereocenters. The van der Waals surface area contributed by atoms with Crippen molar-refractivity contribution in [3.8, 4) is 44.9 Å². The molecule has 0 radical (unpaired) electrons. The molecule has 1 spiro atoms. The fourth-order valence-electron chi connectivity index (χ4n) is 10.6. The largest absolute Gasteiger partial charge is 0.457 e. The van der Waals surface area contributed by atoms with Crippen LogP contribution in [0.1, 0.15) is 47.2 Å². The average molecular weight is 742 g/mol. The zero-order valence-electron chi connectivity index (χ0n) is 32.4. The minimum absolute atomic E-state index is 0.153. The van der Waals surface area contributed by atoms with E-state index in [1.165, 1.54) is 72.0 Å². The quantitative estimate of drug-likeness (QED) is 0.178. The average Bonchev–Trinajstić information content (AvgIpc) is 3.70. The van der Waals surface area contributed by atoms with Gasteiger partial charge in [-0.1, -0.05) is 172 Å². The Morgan fingerprint density at radius 1 is 0.379 bits per heavy atom. The summed E-state index contributed by atoms with van der Waals surface area (Å²) in [5.74, 6) is 1.79. The Kier molecular flexibility index (Phi) is 6.93. The van der Waals surface area contributed by atoms with Crippen molar-refractivity contribution in [1.29, 1.82) is 0 Å². The molecule has 0 saturated heterocycles. The SMILES string of the molecule is CC1(C)c2ccccc2-c2ccc(N(c3ccccc3-c3ccccc3)c3cccc4c3-c3ccccc3C43c4ccccc4Oc4cc5ccccc5cc43)cc21. The lowest BCUT2D eigenvalue weighted by atomic mass is 9.66. The van der Waals surface area contributed by atoms with E-state index in [4.69, 9.17) is 4.74 Å². The Labute approximate surface area is 339 Å². The molecular weight excluding hydrogens is 703 g/mol. The summed E-state index contributed by atoms with van der Waals surface area (Å²) in [6.45, 7) is 4.74. The van der Waals surface area contributed by atoms with E-state index in [0.717, 1.165) is 34.1 Å². The van der Waals surface area contributed by atoms with Crippen LogP contribution in [0, 0.1) is 0 Å². The zero-order valence-corrected chi connectivity index (χ0v) is 32.4. The molecule has 1 unspecified atom stereocenters. The first kappa shape index (κ1) is 33.0. The molecule has 274 valence electrons. The molecule has 3 aliphatic rings. The third kappa shape index (κ3) is 4.43. The van der Waals surface area contributed by atoms with Crippen molar-refractivity contribution < 1.29 is 4.74 Å². The van der Waals surface area contributed by atoms with Gasteiger partial charge in [-0.2, -0.15) is 0 Å². The summed E-state index contributed by atoms with van der Waals surface area (Å²) in [6.07, 6.45) is 0. The van der Waals surface area contributed by atoms with E-state index in [1.54, 1.807) is 0 Å². The second-order valence-corrected chi connectivity index (χ2v) is 16.4. The second-order valence-electron chi connectivity index (χ2n) is 16.4. The van der Waals surface area contributed by atoms with Gasteiger partial charge >= 0.3 is 0 Å². The van der Waals surface area contributed by atoms with Crippen molar-refractivity contribution in [2.24, 2.45) is 0 Å². The maximum atomic E-state index is 6.86. The number of para-hydroxylation sites is 2. The van der Waals surface area contributed by atoms with Crippen molar-refractivity contribution in [1.82, 2.24) is 0 Å². The number of ether oxygens (including phenoxy) is 1. The number of nitrogens with zero attached hydrogens (tertiary/aromatic N) is 1. The second kappa shape index (κ2) is 12.2. The molecule has 58 heavy (non-hydrogen) atoms. The molecule has 0 saturated carbocycles. The van der Waals surface area contributed by atoms with E-state index in [1.807, 2.05) is 0 Å². The van der Waals surface area contributed by atoms with Crippen molar-refractivity contribution in [2.45, 2.75) is 24.7 Å². The van der Waals surface area contributed by atoms with Crippen LogP contribution < -0.4 is 9.64 Å². The van der Waals surface area contributed by atoms with Gasteiger partial charge in [0.2, 0.25) is 0 Å². The standard InChI is InChI=1S/C56H39NO/c1-55(2)44-24-11-8-22-41(44)42-32-31-39(35-48(42)55)57(50-28-14-10-21-40(50)36-17-4-3-5-18-36)51-29-16-27-47-54(51)43-23-9-12-25-45(43)56(47)46-26-13-15-30-52(46)58-53-34-38-20-7-6-19-37(38)33-49(53)56/h3-35H,1-2H3. The number of fused-ring (bicyclic) bond motifs is 13. The minimum atomic E-state index is -0.609. The molecule has 2 heteroatoms. The van der Waals surface area contributed by atoms with Gasteiger partial charge in [-0.15, -0.1) is 0 Å². The summed E-state index contributed by atoms with van der Waals surface area (Å²) in [4.78, 5) is 2.53. The molecule has 0 N–H and O–H groups in total. The molecule has 2 nitrogen and oxygen atoms in total. The molecule has 1 heterocycles. The Morgan fingerprint density at radius 3 is 1.81 bits per heavy atom. The lowest BCUT2D eigenvalue weighted by molar-refractivity contribution is 0.437. The fourth-order valence-corrected chi connectivity index (χ4v) is 10.6. The first-order valence-corrected chi connectivity index (χ1v) is 20.3. The number of hydrogen-bond acceptors (Lipinski definition) is 2. The van der Waals surface area contributed by atoms with Crippen LogP contribution in [0.25, 0.3) is 44.2 Å². The van der Waals surface area contributed by atoms with E-state index in [2.05, 4.69) is 219 Å². The van der Waals surface area contributed by atoms with Crippen LogP contribution >= 0.6 is 0 Å². The molecule has 0 bridgehead atoms. The predicted molar refractivity (Wildman–Crippen MR) is 239 cm³/mol. The van der Waals surface area contributed by atoms with Crippen LogP contribution in [0.2, 0.25) is 0 Å². The molecule has 9 aromatic carbocycles. The monoisotopic (exact) mass is 741 g/mol. The van der Waals surface area contributed by atoms with E-state index >= 15 is 0 Å². The highest BCUT2D eigenvalue weighted by molar-refractivity contribution is 6.01. The van der Waals surface area contributed by atoms with Crippen LogP contribution in [0.4, 0.5) is 17.1 Å². The van der Waals surface area contributed by atoms with E-state index in [-0.39, 0.29) is 5.41 Å². The Morgan fingerprint density at radius 2 is 0.983 bits per heavy atom. The summed E-state index contributed by atoms with van der Waals surface area (Å²) in [5.41, 5.74) is 17.7. The molecule has 0 fully saturated rings. The fraction of sp³-hybridized carbons (Fsp3) is 0.0714. The van der Waals surface area contributed by atoms with Crippen LogP contribution in [0.5, 0.6) is 11.5 Å². The summed E-state index contributed by atoms with van der Waals surface area (Å²) in [6, 6.07) is 73.7. The minimum Gasteiger partial charge on any atom is -0.457 e. The highest BCUT2D eigenvalue weighted by atomic mass is 16.5. The van der Waals surface area contributed by atoms with Gasteiger partial charge in [0.05, 0.1) is 16.8 Å². The molecule has 0 aromatic heterocycles. The first-order chi connectivity index (χ1) is 28.5. The topological polar surface area (TPSA) is 12.5 Å². The van der Waals surface area contributed by atoms with Gasteiger partial charge in [0.1, 0.15) is 11.5 Å². The maximum Gasteiger partial charge on any atom is 0.132 e. The molecule has 9 aromatic rings. The smallest absolute Gasteiger partial charge is 0.132 e. The van der Waals surface area contributed by atoms with Gasteiger partial charge in [-0.25, -0.2) is 0 Å². The molecular formula is C56H39NO. The maximum absolute atomic E-state index is 6.86. The molecule has 2 aliphatic carbocycles. The highest BCUT2D eigenvalue weighted by Gasteiger charge is 2.52. The molecule has 1 aliphatic heterocycles. The molecule has 0 amide bonds. The molecule has 12 rings (SSSR count). The summed E-state index contributed by atoms with van der Waals surface area (Å²) < 4.78 is 6.86. The van der Waals surface area contributed by atoms with Gasteiger partial charge in [0.15, 0.2) is 0 Å². The normalized spacial score (nSPS) is 16.1. The van der Waals surface area contributed by atoms with Gasteiger partial charge in [0.25, 0.3) is 0 Å². The highest BCUT2D eigenvalue weighted by Crippen LogP contribution is 2.65. The third-order valence-corrected chi connectivity index (χ3v) is 13.1. The van der Waals surface area contributed by atoms with Crippen LogP contribution in [0.15, 0.2) is 200 Å². The van der Waals surface area contributed by atoms with Crippen molar-refractivity contribution in [2.75, 3.05) is 4.90 Å². The summed E-state index contributed by atoms with van der Waals surface area (Å²) in [7, 11) is 0. The lowest BCUT2D eigenvalue weighted by Gasteiger charge is -2.39. The van der Waals surface area contributed by atoms with E-state index < -0.39 is 5.41 Å². The van der Waals surface area contributed by atoms with Gasteiger partial charge in [-0.3, -0.25) is 0 Å². The van der Waals surface area contributed by atoms with Gasteiger partial charge in [0, 0.05) is 33.4 Å². The predicted octanol–water partition coefficient (Wildman–Crippen LogP) is 14.8. The Hall–Kier alpha value is -7.16. The Balaban J connectivity index is 1.18. The zero-order chi connectivity index (χ0) is 38.6. The summed E-state index contributed by atoms with van der Waals surface area (Å²) >= 11 is 0. The van der Waals surface area contributed by atoms with Crippen molar-refractivity contribution >= 4 is 27.8 Å². The number of hydrogen-bond donors (Lipinski definition) is 0. The van der Waals surface area contributed by atoms with Crippen LogP contribution in [-0.4, -0.2) is 0 Å². The van der Waals surface area contributed by atoms with E-state index in [9.17, 15) is 0 Å². The number of anilines is 3. The summed E-state index contributed by atoms with van der Waals surface area (Å²) in [5, 5.41) is 2.37. The first-order valence-electron chi connectivity index (χ1n) is 20.3. The number of rotatable bonds is 4. The number of benzene rings is 9. The third-order valence-electron chi connectivity index (χ3n) is 13.1. The van der Waals surface area contributed by atoms with Gasteiger partial charge in [-0.05, 0) is 97.7 Å².